The molecule has 0 aliphatic heterocycles. The van der Waals surface area contributed by atoms with Gasteiger partial charge >= 0.3 is 6.18 Å². The van der Waals surface area contributed by atoms with Crippen molar-refractivity contribution in [3.8, 4) is 0 Å². The van der Waals surface area contributed by atoms with E-state index in [-0.39, 0.29) is 12.5 Å². The summed E-state index contributed by atoms with van der Waals surface area (Å²) < 4.78 is 38.4. The summed E-state index contributed by atoms with van der Waals surface area (Å²) in [5, 5.41) is 13.0. The molecule has 0 spiro atoms. The van der Waals surface area contributed by atoms with Gasteiger partial charge in [0.1, 0.15) is 0 Å². The van der Waals surface area contributed by atoms with E-state index in [9.17, 15) is 23.1 Å². The van der Waals surface area contributed by atoms with Crippen LogP contribution in [0.25, 0.3) is 0 Å². The lowest BCUT2D eigenvalue weighted by atomic mass is 9.93. The second-order valence-electron chi connectivity index (χ2n) is 6.23. The van der Waals surface area contributed by atoms with Crippen molar-refractivity contribution in [3.63, 3.8) is 0 Å². The van der Waals surface area contributed by atoms with Crippen LogP contribution in [0.3, 0.4) is 0 Å². The van der Waals surface area contributed by atoms with Gasteiger partial charge in [0, 0.05) is 6.54 Å². The van der Waals surface area contributed by atoms with E-state index >= 15 is 0 Å². The zero-order valence-corrected chi connectivity index (χ0v) is 13.1. The molecular weight excluding hydrogens is 307 g/mol. The van der Waals surface area contributed by atoms with Crippen LogP contribution in [-0.2, 0) is 11.0 Å². The molecule has 2 rings (SSSR count). The fraction of sp³-hybridized carbons (Fsp3) is 0.588. The Balaban J connectivity index is 2.08. The molecule has 1 fully saturated rings. The molecule has 1 aliphatic carbocycles. The minimum absolute atomic E-state index is 0.154. The number of aliphatic hydroxyl groups is 1. The van der Waals surface area contributed by atoms with Crippen molar-refractivity contribution in [1.82, 2.24) is 5.32 Å². The highest BCUT2D eigenvalue weighted by molar-refractivity contribution is 5.83. The summed E-state index contributed by atoms with van der Waals surface area (Å²) in [5.74, 6) is -0.991. The highest BCUT2D eigenvalue weighted by Gasteiger charge is 2.33. The number of hydrogen-bond acceptors (Lipinski definition) is 2. The van der Waals surface area contributed by atoms with Crippen LogP contribution in [0.15, 0.2) is 24.3 Å². The van der Waals surface area contributed by atoms with Gasteiger partial charge in [0.2, 0.25) is 5.91 Å². The summed E-state index contributed by atoms with van der Waals surface area (Å²) in [6.07, 6.45) is -0.884. The van der Waals surface area contributed by atoms with E-state index < -0.39 is 23.3 Å². The zero-order chi connectivity index (χ0) is 17.1. The normalized spacial score (nSPS) is 18.7. The molecule has 0 saturated heterocycles. The number of rotatable bonds is 5. The van der Waals surface area contributed by atoms with E-state index in [0.717, 1.165) is 25.0 Å². The first-order valence-electron chi connectivity index (χ1n) is 7.92. The summed E-state index contributed by atoms with van der Waals surface area (Å²) >= 11 is 0. The van der Waals surface area contributed by atoms with Crippen molar-refractivity contribution in [1.29, 1.82) is 0 Å². The van der Waals surface area contributed by atoms with Gasteiger partial charge in [-0.05, 0) is 30.9 Å². The van der Waals surface area contributed by atoms with Gasteiger partial charge in [-0.3, -0.25) is 4.79 Å². The van der Waals surface area contributed by atoms with E-state index in [0.29, 0.717) is 24.8 Å². The summed E-state index contributed by atoms with van der Waals surface area (Å²) in [4.78, 5) is 12.3. The number of hydrogen-bond donors (Lipinski definition) is 2. The molecule has 6 heteroatoms. The number of carbonyl (C=O) groups is 1. The second-order valence-corrected chi connectivity index (χ2v) is 6.23. The van der Waals surface area contributed by atoms with Gasteiger partial charge in [-0.15, -0.1) is 0 Å². The van der Waals surface area contributed by atoms with Gasteiger partial charge in [0.25, 0.3) is 0 Å². The Hall–Kier alpha value is -1.56. The van der Waals surface area contributed by atoms with E-state index in [1.54, 1.807) is 6.92 Å². The monoisotopic (exact) mass is 329 g/mol. The van der Waals surface area contributed by atoms with Gasteiger partial charge in [-0.25, -0.2) is 0 Å². The molecule has 0 aromatic heterocycles. The molecular formula is C17H22F3NO2. The number of nitrogens with one attached hydrogen (secondary N) is 1. The highest BCUT2D eigenvalue weighted by atomic mass is 19.4. The molecule has 1 unspecified atom stereocenters. The molecule has 1 amide bonds. The van der Waals surface area contributed by atoms with Gasteiger partial charge in [-0.2, -0.15) is 13.2 Å². The minimum Gasteiger partial charge on any atom is -0.388 e. The van der Waals surface area contributed by atoms with Gasteiger partial charge in [0.15, 0.2) is 0 Å². The maximum atomic E-state index is 12.8. The van der Waals surface area contributed by atoms with Crippen LogP contribution >= 0.6 is 0 Å². The Morgan fingerprint density at radius 1 is 1.35 bits per heavy atom. The van der Waals surface area contributed by atoms with E-state index in [1.165, 1.54) is 12.1 Å². The topological polar surface area (TPSA) is 49.3 Å². The van der Waals surface area contributed by atoms with Crippen molar-refractivity contribution in [3.05, 3.63) is 35.4 Å². The Kier molecular flexibility index (Phi) is 5.34. The van der Waals surface area contributed by atoms with Gasteiger partial charge in [-0.1, -0.05) is 38.0 Å². The Morgan fingerprint density at radius 3 is 2.57 bits per heavy atom. The number of benzene rings is 1. The maximum absolute atomic E-state index is 12.8. The lowest BCUT2D eigenvalue weighted by Crippen LogP contribution is -2.42. The second kappa shape index (κ2) is 6.91. The van der Waals surface area contributed by atoms with Crippen LogP contribution in [0.4, 0.5) is 13.2 Å². The van der Waals surface area contributed by atoms with Gasteiger partial charge < -0.3 is 10.4 Å². The Bertz CT molecular complexity index is 551. The molecule has 1 saturated carbocycles. The zero-order valence-electron chi connectivity index (χ0n) is 13.1. The van der Waals surface area contributed by atoms with Crippen LogP contribution in [-0.4, -0.2) is 23.2 Å². The van der Waals surface area contributed by atoms with Crippen molar-refractivity contribution in [2.45, 2.75) is 56.7 Å². The predicted molar refractivity (Wildman–Crippen MR) is 80.9 cm³/mol. The van der Waals surface area contributed by atoms with Gasteiger partial charge in [0.05, 0.1) is 17.1 Å². The summed E-state index contributed by atoms with van der Waals surface area (Å²) in [6, 6.07) is 4.87. The van der Waals surface area contributed by atoms with E-state index in [1.807, 2.05) is 0 Å². The van der Waals surface area contributed by atoms with Crippen LogP contribution in [0.5, 0.6) is 0 Å². The molecule has 2 N–H and O–H groups in total. The van der Waals surface area contributed by atoms with Crippen LogP contribution in [0, 0.1) is 0 Å². The molecule has 128 valence electrons. The van der Waals surface area contributed by atoms with Crippen molar-refractivity contribution in [2.24, 2.45) is 0 Å². The van der Waals surface area contributed by atoms with Crippen LogP contribution in [0.1, 0.15) is 56.1 Å². The average Bonchev–Trinajstić information content (AvgIpc) is 2.93. The minimum atomic E-state index is -4.43. The Morgan fingerprint density at radius 2 is 2.00 bits per heavy atom. The van der Waals surface area contributed by atoms with Crippen molar-refractivity contribution < 1.29 is 23.1 Å². The first kappa shape index (κ1) is 17.8. The SMILES string of the molecule is CCC(C(=O)NCC1(O)CCCC1)c1cccc(C(F)(F)F)c1. The fourth-order valence-electron chi connectivity index (χ4n) is 3.09. The predicted octanol–water partition coefficient (Wildman–Crippen LogP) is 3.62. The quantitative estimate of drug-likeness (QED) is 0.867. The highest BCUT2D eigenvalue weighted by Crippen LogP contribution is 2.32. The molecule has 1 aromatic rings. The van der Waals surface area contributed by atoms with E-state index in [4.69, 9.17) is 0 Å². The number of carbonyl (C=O) groups excluding carboxylic acids is 1. The molecule has 23 heavy (non-hydrogen) atoms. The third kappa shape index (κ3) is 4.47. The lowest BCUT2D eigenvalue weighted by molar-refractivity contribution is -0.137. The first-order chi connectivity index (χ1) is 10.7. The fourth-order valence-corrected chi connectivity index (χ4v) is 3.09. The number of halogens is 3. The molecule has 0 heterocycles. The number of alkyl halides is 3. The third-order valence-corrected chi connectivity index (χ3v) is 4.47. The van der Waals surface area contributed by atoms with E-state index in [2.05, 4.69) is 5.32 Å². The molecule has 0 radical (unpaired) electrons. The standard InChI is InChI=1S/C17H22F3NO2/c1-2-14(12-6-5-7-13(10-12)17(18,19)20)15(22)21-11-16(23)8-3-4-9-16/h5-7,10,14,23H,2-4,8-9,11H2,1H3,(H,21,22). The molecule has 1 aromatic carbocycles. The van der Waals surface area contributed by atoms with Crippen LogP contribution < -0.4 is 5.32 Å². The molecule has 1 aliphatic rings. The summed E-state index contributed by atoms with van der Waals surface area (Å²) in [7, 11) is 0. The molecule has 3 nitrogen and oxygen atoms in total. The summed E-state index contributed by atoms with van der Waals surface area (Å²) in [6.45, 7) is 1.91. The first-order valence-corrected chi connectivity index (χ1v) is 7.92. The summed E-state index contributed by atoms with van der Waals surface area (Å²) in [5.41, 5.74) is -1.28. The van der Waals surface area contributed by atoms with Crippen molar-refractivity contribution >= 4 is 5.91 Å². The molecule has 0 bridgehead atoms. The number of amides is 1. The lowest BCUT2D eigenvalue weighted by Gasteiger charge is -2.24. The smallest absolute Gasteiger partial charge is 0.388 e. The van der Waals surface area contributed by atoms with Crippen LogP contribution in [0.2, 0.25) is 0 Å². The largest absolute Gasteiger partial charge is 0.416 e. The third-order valence-electron chi connectivity index (χ3n) is 4.47. The van der Waals surface area contributed by atoms with Crippen molar-refractivity contribution in [2.75, 3.05) is 6.54 Å². The molecule has 1 atom stereocenters. The maximum Gasteiger partial charge on any atom is 0.416 e. The average molecular weight is 329 g/mol. The Labute approximate surface area is 133 Å².